The lowest BCUT2D eigenvalue weighted by Crippen LogP contribution is -2.50. The van der Waals surface area contributed by atoms with Gasteiger partial charge in [0.15, 0.2) is 0 Å². The molecule has 0 aliphatic rings. The highest BCUT2D eigenvalue weighted by Crippen LogP contribution is 2.23. The number of hydroxylamine groups is 1. The Morgan fingerprint density at radius 3 is 1.90 bits per heavy atom. The largest absolute Gasteiger partial charge is 0.339 e. The Labute approximate surface area is 175 Å². The lowest BCUT2D eigenvalue weighted by molar-refractivity contribution is -0.130. The summed E-state index contributed by atoms with van der Waals surface area (Å²) in [6.45, 7) is 5.77. The molecule has 160 valence electrons. The molecule has 8 nitrogen and oxygen atoms in total. The van der Waals surface area contributed by atoms with Crippen LogP contribution in [-0.2, 0) is 9.59 Å². The summed E-state index contributed by atoms with van der Waals surface area (Å²) in [6, 6.07) is 13.3. The monoisotopic (exact) mass is 412 g/mol. The van der Waals surface area contributed by atoms with Gasteiger partial charge in [-0.15, -0.1) is 0 Å². The first kappa shape index (κ1) is 23.1. The predicted molar refractivity (Wildman–Crippen MR) is 115 cm³/mol. The van der Waals surface area contributed by atoms with Gasteiger partial charge in [-0.1, -0.05) is 45.0 Å². The molecule has 0 spiro atoms. The Balaban J connectivity index is 2.05. The van der Waals surface area contributed by atoms with E-state index in [-0.39, 0.29) is 24.3 Å². The highest BCUT2D eigenvalue weighted by molar-refractivity contribution is 5.98. The quantitative estimate of drug-likeness (QED) is 0.335. The number of nitrogens with two attached hydrogens (primary N) is 1. The van der Waals surface area contributed by atoms with Crippen LogP contribution in [0.1, 0.15) is 31.1 Å². The van der Waals surface area contributed by atoms with E-state index in [2.05, 4.69) is 10.6 Å². The third kappa shape index (κ3) is 5.88. The number of carbonyl (C=O) groups excluding carboxylic acids is 3. The minimum atomic E-state index is -1.02. The van der Waals surface area contributed by atoms with E-state index >= 15 is 0 Å². The highest BCUT2D eigenvalue weighted by Gasteiger charge is 2.19. The summed E-state index contributed by atoms with van der Waals surface area (Å²) in [5.74, 6) is -1.09. The Kier molecular flexibility index (Phi) is 8.08. The average Bonchev–Trinajstić information content (AvgIpc) is 2.76. The van der Waals surface area contributed by atoms with Crippen molar-refractivity contribution in [1.82, 2.24) is 10.8 Å². The van der Waals surface area contributed by atoms with Crippen molar-refractivity contribution >= 4 is 23.4 Å². The number of hydrogen-bond donors (Lipinski definition) is 5. The summed E-state index contributed by atoms with van der Waals surface area (Å²) in [4.78, 5) is 35.9. The SMILES string of the molecule is CC(C)[C@H](C)C(=O)Nc1ccc(-c2ccc(C(=O)N[C@@H](CN)C(=O)NO)cc2)cc1. The normalized spacial score (nSPS) is 12.7. The molecule has 6 N–H and O–H groups in total. The molecule has 0 fully saturated rings. The highest BCUT2D eigenvalue weighted by atomic mass is 16.5. The molecule has 0 bridgehead atoms. The average molecular weight is 412 g/mol. The van der Waals surface area contributed by atoms with Crippen LogP contribution in [0, 0.1) is 11.8 Å². The van der Waals surface area contributed by atoms with Crippen molar-refractivity contribution in [2.24, 2.45) is 17.6 Å². The van der Waals surface area contributed by atoms with Crippen LogP contribution >= 0.6 is 0 Å². The van der Waals surface area contributed by atoms with E-state index < -0.39 is 17.9 Å². The summed E-state index contributed by atoms with van der Waals surface area (Å²) in [5.41, 5.74) is 9.81. The fraction of sp³-hybridized carbons (Fsp3) is 0.318. The van der Waals surface area contributed by atoms with E-state index in [9.17, 15) is 14.4 Å². The van der Waals surface area contributed by atoms with Crippen LogP contribution in [0.15, 0.2) is 48.5 Å². The zero-order valence-corrected chi connectivity index (χ0v) is 17.3. The number of rotatable bonds is 8. The number of amides is 3. The van der Waals surface area contributed by atoms with Crippen LogP contribution < -0.4 is 21.8 Å². The van der Waals surface area contributed by atoms with E-state index in [4.69, 9.17) is 10.9 Å². The Hall–Kier alpha value is -3.23. The third-order valence-corrected chi connectivity index (χ3v) is 5.01. The molecule has 3 amide bonds. The third-order valence-electron chi connectivity index (χ3n) is 5.01. The molecule has 2 aromatic rings. The first-order valence-electron chi connectivity index (χ1n) is 9.73. The van der Waals surface area contributed by atoms with Crippen LogP contribution in [0.25, 0.3) is 11.1 Å². The van der Waals surface area contributed by atoms with Gasteiger partial charge in [-0.3, -0.25) is 19.6 Å². The van der Waals surface area contributed by atoms with Gasteiger partial charge in [0, 0.05) is 23.7 Å². The molecule has 2 aromatic carbocycles. The van der Waals surface area contributed by atoms with Crippen LogP contribution in [-0.4, -0.2) is 35.5 Å². The second kappa shape index (κ2) is 10.5. The summed E-state index contributed by atoms with van der Waals surface area (Å²) in [6.07, 6.45) is 0. The van der Waals surface area contributed by atoms with Gasteiger partial charge in [0.1, 0.15) is 6.04 Å². The first-order chi connectivity index (χ1) is 14.3. The van der Waals surface area contributed by atoms with Gasteiger partial charge in [0.05, 0.1) is 0 Å². The van der Waals surface area contributed by atoms with Crippen molar-refractivity contribution in [2.45, 2.75) is 26.8 Å². The van der Waals surface area contributed by atoms with Gasteiger partial charge >= 0.3 is 0 Å². The van der Waals surface area contributed by atoms with E-state index in [1.54, 1.807) is 24.3 Å². The van der Waals surface area contributed by atoms with Crippen LogP contribution in [0.4, 0.5) is 5.69 Å². The van der Waals surface area contributed by atoms with Crippen molar-refractivity contribution in [2.75, 3.05) is 11.9 Å². The Bertz CT molecular complexity index is 879. The molecule has 0 saturated carbocycles. The van der Waals surface area contributed by atoms with Gasteiger partial charge < -0.3 is 16.4 Å². The zero-order valence-electron chi connectivity index (χ0n) is 17.3. The fourth-order valence-electron chi connectivity index (χ4n) is 2.67. The molecule has 0 aromatic heterocycles. The molecule has 2 atom stereocenters. The van der Waals surface area contributed by atoms with Crippen LogP contribution in [0.3, 0.4) is 0 Å². The van der Waals surface area contributed by atoms with Gasteiger partial charge in [-0.25, -0.2) is 5.48 Å². The van der Waals surface area contributed by atoms with Crippen LogP contribution in [0.5, 0.6) is 0 Å². The number of hydrogen-bond acceptors (Lipinski definition) is 5. The van der Waals surface area contributed by atoms with Crippen molar-refractivity contribution < 1.29 is 19.6 Å². The maximum atomic E-state index is 12.3. The summed E-state index contributed by atoms with van der Waals surface area (Å²) >= 11 is 0. The second-order valence-corrected chi connectivity index (χ2v) is 7.41. The maximum absolute atomic E-state index is 12.3. The molecule has 0 heterocycles. The van der Waals surface area contributed by atoms with E-state index in [1.165, 1.54) is 5.48 Å². The van der Waals surface area contributed by atoms with Gasteiger partial charge in [-0.05, 0) is 41.3 Å². The number of nitrogens with one attached hydrogen (secondary N) is 3. The molecule has 0 saturated heterocycles. The topological polar surface area (TPSA) is 134 Å². The van der Waals surface area contributed by atoms with Gasteiger partial charge in [-0.2, -0.15) is 0 Å². The van der Waals surface area contributed by atoms with Gasteiger partial charge in [0.2, 0.25) is 5.91 Å². The lowest BCUT2D eigenvalue weighted by Gasteiger charge is -2.15. The molecule has 0 aliphatic heterocycles. The smallest absolute Gasteiger partial charge is 0.267 e. The van der Waals surface area contributed by atoms with E-state index in [0.717, 1.165) is 16.8 Å². The number of anilines is 1. The summed E-state index contributed by atoms with van der Waals surface area (Å²) < 4.78 is 0. The lowest BCUT2D eigenvalue weighted by atomic mass is 9.97. The van der Waals surface area contributed by atoms with Crippen molar-refractivity contribution in [3.05, 3.63) is 54.1 Å². The first-order valence-corrected chi connectivity index (χ1v) is 9.73. The van der Waals surface area contributed by atoms with Crippen molar-refractivity contribution in [3.8, 4) is 11.1 Å². The molecule has 8 heteroatoms. The van der Waals surface area contributed by atoms with Crippen molar-refractivity contribution in [1.29, 1.82) is 0 Å². The maximum Gasteiger partial charge on any atom is 0.267 e. The Morgan fingerprint density at radius 1 is 0.900 bits per heavy atom. The molecule has 0 aliphatic carbocycles. The van der Waals surface area contributed by atoms with Crippen LogP contribution in [0.2, 0.25) is 0 Å². The predicted octanol–water partition coefficient (Wildman–Crippen LogP) is 2.15. The molecule has 30 heavy (non-hydrogen) atoms. The zero-order chi connectivity index (χ0) is 22.3. The Morgan fingerprint density at radius 2 is 1.43 bits per heavy atom. The minimum absolute atomic E-state index is 0.0150. The molecule has 2 rings (SSSR count). The minimum Gasteiger partial charge on any atom is -0.339 e. The fourth-order valence-corrected chi connectivity index (χ4v) is 2.67. The summed E-state index contributed by atoms with van der Waals surface area (Å²) in [5, 5.41) is 14.0. The van der Waals surface area contributed by atoms with E-state index in [1.807, 2.05) is 45.0 Å². The molecule has 0 radical (unpaired) electrons. The van der Waals surface area contributed by atoms with Crippen molar-refractivity contribution in [3.63, 3.8) is 0 Å². The number of carbonyl (C=O) groups is 3. The van der Waals surface area contributed by atoms with E-state index in [0.29, 0.717) is 5.56 Å². The molecular formula is C22H28N4O4. The molecule has 0 unspecified atom stereocenters. The molecular weight excluding hydrogens is 384 g/mol. The van der Waals surface area contributed by atoms with Gasteiger partial charge in [0.25, 0.3) is 11.8 Å². The summed E-state index contributed by atoms with van der Waals surface area (Å²) in [7, 11) is 0. The standard InChI is InChI=1S/C22H28N4O4/c1-13(2)14(3)20(27)24-18-10-8-16(9-11-18)15-4-6-17(7-5-15)21(28)25-19(12-23)22(29)26-30/h4-11,13-14,19,30H,12,23H2,1-3H3,(H,24,27)(H,25,28)(H,26,29)/t14-,19-/m0/s1. The second-order valence-electron chi connectivity index (χ2n) is 7.41. The number of benzene rings is 2.